The van der Waals surface area contributed by atoms with E-state index in [4.69, 9.17) is 14.2 Å². The lowest BCUT2D eigenvalue weighted by Crippen LogP contribution is -2.28. The summed E-state index contributed by atoms with van der Waals surface area (Å²) >= 11 is 0. The first kappa shape index (κ1) is 6.58. The van der Waals surface area contributed by atoms with Crippen molar-refractivity contribution >= 4 is 0 Å². The molecule has 0 aromatic carbocycles. The molecule has 10 heavy (non-hydrogen) atoms. The van der Waals surface area contributed by atoms with Crippen molar-refractivity contribution in [1.82, 2.24) is 0 Å². The molecule has 0 aromatic rings. The second kappa shape index (κ2) is 2.19. The Morgan fingerprint density at radius 2 is 2.30 bits per heavy atom. The van der Waals surface area contributed by atoms with Gasteiger partial charge >= 0.3 is 0 Å². The summed E-state index contributed by atoms with van der Waals surface area (Å²) in [5.74, 6) is -0.639. The Morgan fingerprint density at radius 1 is 1.40 bits per heavy atom. The first-order chi connectivity index (χ1) is 4.81. The number of rotatable bonds is 0. The van der Waals surface area contributed by atoms with Crippen LogP contribution in [-0.2, 0) is 14.2 Å². The molecule has 2 heterocycles. The van der Waals surface area contributed by atoms with Crippen molar-refractivity contribution in [1.29, 1.82) is 0 Å². The summed E-state index contributed by atoms with van der Waals surface area (Å²) < 4.78 is 16.2. The zero-order valence-electron chi connectivity index (χ0n) is 6.13. The van der Waals surface area contributed by atoms with Gasteiger partial charge in [0.1, 0.15) is 0 Å². The van der Waals surface area contributed by atoms with Gasteiger partial charge in [0.05, 0.1) is 19.3 Å². The lowest BCUT2D eigenvalue weighted by atomic mass is 10.3. The predicted molar refractivity (Wildman–Crippen MR) is 34.4 cm³/mol. The molecule has 2 saturated heterocycles. The van der Waals surface area contributed by atoms with Crippen LogP contribution in [0.2, 0.25) is 0 Å². The van der Waals surface area contributed by atoms with Crippen molar-refractivity contribution in [3.8, 4) is 0 Å². The van der Waals surface area contributed by atoms with Crippen LogP contribution in [0.1, 0.15) is 19.8 Å². The van der Waals surface area contributed by atoms with Crippen LogP contribution in [0.15, 0.2) is 0 Å². The van der Waals surface area contributed by atoms with Gasteiger partial charge in [0.25, 0.3) is 5.97 Å². The highest BCUT2D eigenvalue weighted by Gasteiger charge is 2.44. The van der Waals surface area contributed by atoms with E-state index < -0.39 is 5.97 Å². The minimum atomic E-state index is -0.639. The molecule has 3 heteroatoms. The fraction of sp³-hybridized carbons (Fsp3) is 1.00. The molecule has 0 bridgehead atoms. The smallest absolute Gasteiger partial charge is 0.283 e. The number of hydrogen-bond donors (Lipinski definition) is 0. The molecule has 2 atom stereocenters. The topological polar surface area (TPSA) is 27.7 Å². The van der Waals surface area contributed by atoms with E-state index in [-0.39, 0.29) is 6.10 Å². The van der Waals surface area contributed by atoms with Crippen molar-refractivity contribution in [2.75, 3.05) is 13.2 Å². The Balaban J connectivity index is 2.03. The molecule has 2 aliphatic heterocycles. The summed E-state index contributed by atoms with van der Waals surface area (Å²) in [6, 6.07) is 0. The molecule has 3 nitrogen and oxygen atoms in total. The second-order valence-electron chi connectivity index (χ2n) is 2.87. The molecule has 58 valence electrons. The third kappa shape index (κ3) is 0.944. The van der Waals surface area contributed by atoms with Gasteiger partial charge in [-0.1, -0.05) is 0 Å². The highest BCUT2D eigenvalue weighted by atomic mass is 16.9. The maximum absolute atomic E-state index is 5.47. The zero-order chi connectivity index (χ0) is 7.03. The molecule has 0 aliphatic carbocycles. The number of hydrogen-bond acceptors (Lipinski definition) is 3. The average molecular weight is 144 g/mol. The van der Waals surface area contributed by atoms with E-state index in [1.807, 2.05) is 6.92 Å². The monoisotopic (exact) mass is 144 g/mol. The van der Waals surface area contributed by atoms with E-state index in [2.05, 4.69) is 0 Å². The van der Waals surface area contributed by atoms with Crippen LogP contribution in [-0.4, -0.2) is 25.3 Å². The van der Waals surface area contributed by atoms with Crippen molar-refractivity contribution in [3.63, 3.8) is 0 Å². The van der Waals surface area contributed by atoms with E-state index >= 15 is 0 Å². The SMILES string of the molecule is CC1CO[C@]2(CCCO2)O1. The van der Waals surface area contributed by atoms with Crippen LogP contribution in [0.25, 0.3) is 0 Å². The maximum atomic E-state index is 5.47. The fourth-order valence-corrected chi connectivity index (χ4v) is 1.41. The molecule has 0 aromatic heterocycles. The zero-order valence-corrected chi connectivity index (χ0v) is 6.13. The van der Waals surface area contributed by atoms with E-state index in [0.717, 1.165) is 19.4 Å². The molecule has 0 amide bonds. The Bertz CT molecular complexity index is 129. The van der Waals surface area contributed by atoms with Gasteiger partial charge in [0.2, 0.25) is 0 Å². The van der Waals surface area contributed by atoms with E-state index in [1.54, 1.807) is 0 Å². The van der Waals surface area contributed by atoms with Crippen LogP contribution < -0.4 is 0 Å². The third-order valence-corrected chi connectivity index (χ3v) is 1.87. The summed E-state index contributed by atoms with van der Waals surface area (Å²) in [7, 11) is 0. The molecule has 1 unspecified atom stereocenters. The quantitative estimate of drug-likeness (QED) is 0.505. The van der Waals surface area contributed by atoms with Crippen LogP contribution in [0, 0.1) is 0 Å². The van der Waals surface area contributed by atoms with Crippen molar-refractivity contribution in [2.24, 2.45) is 0 Å². The van der Waals surface area contributed by atoms with Gasteiger partial charge in [0.15, 0.2) is 0 Å². The second-order valence-corrected chi connectivity index (χ2v) is 2.87. The normalized spacial score (nSPS) is 47.1. The van der Waals surface area contributed by atoms with Gasteiger partial charge in [-0.3, -0.25) is 0 Å². The van der Waals surface area contributed by atoms with Gasteiger partial charge in [-0.05, 0) is 13.3 Å². The van der Waals surface area contributed by atoms with Crippen LogP contribution in [0.3, 0.4) is 0 Å². The average Bonchev–Trinajstić information content (AvgIpc) is 2.46. The van der Waals surface area contributed by atoms with Gasteiger partial charge in [-0.25, -0.2) is 0 Å². The molecule has 0 saturated carbocycles. The van der Waals surface area contributed by atoms with Crippen molar-refractivity contribution in [3.05, 3.63) is 0 Å². The number of ether oxygens (including phenoxy) is 3. The maximum Gasteiger partial charge on any atom is 0.283 e. The lowest BCUT2D eigenvalue weighted by Gasteiger charge is -2.19. The highest BCUT2D eigenvalue weighted by molar-refractivity contribution is 4.72. The summed E-state index contributed by atoms with van der Waals surface area (Å²) in [6.45, 7) is 3.43. The van der Waals surface area contributed by atoms with Crippen LogP contribution in [0.4, 0.5) is 0 Å². The van der Waals surface area contributed by atoms with Gasteiger partial charge < -0.3 is 14.2 Å². The molecule has 0 N–H and O–H groups in total. The first-order valence-corrected chi connectivity index (χ1v) is 3.76. The first-order valence-electron chi connectivity index (χ1n) is 3.76. The minimum Gasteiger partial charge on any atom is -0.327 e. The molecule has 2 rings (SSSR count). The minimum absolute atomic E-state index is 0.193. The molecular formula is C7H12O3. The Labute approximate surface area is 60.3 Å². The summed E-state index contributed by atoms with van der Waals surface area (Å²) in [5.41, 5.74) is 0. The fourth-order valence-electron chi connectivity index (χ4n) is 1.41. The predicted octanol–water partition coefficient (Wildman–Crippen LogP) is 0.886. The third-order valence-electron chi connectivity index (χ3n) is 1.87. The molecule has 1 spiro atoms. The van der Waals surface area contributed by atoms with Crippen molar-refractivity contribution < 1.29 is 14.2 Å². The van der Waals surface area contributed by atoms with Gasteiger partial charge in [-0.15, -0.1) is 0 Å². The summed E-state index contributed by atoms with van der Waals surface area (Å²) in [5, 5.41) is 0. The Hall–Kier alpha value is -0.120. The van der Waals surface area contributed by atoms with Crippen LogP contribution >= 0.6 is 0 Å². The van der Waals surface area contributed by atoms with Gasteiger partial charge in [-0.2, -0.15) is 0 Å². The summed E-state index contributed by atoms with van der Waals surface area (Å²) in [6.07, 6.45) is 2.13. The van der Waals surface area contributed by atoms with E-state index in [1.165, 1.54) is 0 Å². The van der Waals surface area contributed by atoms with Crippen LogP contribution in [0.5, 0.6) is 0 Å². The highest BCUT2D eigenvalue weighted by Crippen LogP contribution is 2.33. The Morgan fingerprint density at radius 3 is 2.80 bits per heavy atom. The van der Waals surface area contributed by atoms with Crippen molar-refractivity contribution in [2.45, 2.75) is 31.8 Å². The molecule has 0 radical (unpaired) electrons. The molecular weight excluding hydrogens is 132 g/mol. The van der Waals surface area contributed by atoms with E-state index in [9.17, 15) is 0 Å². The van der Waals surface area contributed by atoms with Gasteiger partial charge in [0, 0.05) is 6.42 Å². The standard InChI is InChI=1S/C7H12O3/c1-6-5-9-7(10-6)3-2-4-8-7/h6H,2-5H2,1H3/t6?,7-/m1/s1. The van der Waals surface area contributed by atoms with E-state index in [0.29, 0.717) is 6.61 Å². The molecule has 2 aliphatic rings. The molecule has 2 fully saturated rings. The Kier molecular flexibility index (Phi) is 1.44. The largest absolute Gasteiger partial charge is 0.327 e. The summed E-state index contributed by atoms with van der Waals surface area (Å²) in [4.78, 5) is 0. The lowest BCUT2D eigenvalue weighted by molar-refractivity contribution is -0.312.